The summed E-state index contributed by atoms with van der Waals surface area (Å²) < 4.78 is 14.3. The molecular formula is C23H28N6O3. The number of likely N-dealkylation sites (N-methyl/N-ethyl adjacent to an activating group) is 1. The maximum absolute atomic E-state index is 13.1. The lowest BCUT2D eigenvalue weighted by atomic mass is 10.1. The number of amides is 1. The number of benzene rings is 1. The number of ether oxygens (including phenoxy) is 2. The molecule has 9 nitrogen and oxygen atoms in total. The first-order chi connectivity index (χ1) is 15.5. The molecule has 0 spiro atoms. The lowest BCUT2D eigenvalue weighted by Crippen LogP contribution is -2.45. The summed E-state index contributed by atoms with van der Waals surface area (Å²) in [5, 5.41) is 3.28. The van der Waals surface area contributed by atoms with Crippen molar-refractivity contribution in [3.8, 4) is 17.3 Å². The molecule has 1 aromatic carbocycles. The van der Waals surface area contributed by atoms with E-state index in [0.717, 1.165) is 28.1 Å². The largest absolute Gasteiger partial charge is 0.459 e. The van der Waals surface area contributed by atoms with Crippen molar-refractivity contribution in [1.29, 1.82) is 0 Å². The fraction of sp³-hybridized carbons (Fsp3) is 0.478. The third kappa shape index (κ3) is 3.82. The van der Waals surface area contributed by atoms with E-state index in [1.807, 2.05) is 45.2 Å². The van der Waals surface area contributed by atoms with Gasteiger partial charge in [-0.05, 0) is 26.0 Å². The van der Waals surface area contributed by atoms with Crippen LogP contribution in [0.3, 0.4) is 0 Å². The van der Waals surface area contributed by atoms with Gasteiger partial charge in [0.1, 0.15) is 11.9 Å². The highest BCUT2D eigenvalue weighted by Gasteiger charge is 2.34. The number of nitrogens with zero attached hydrogens (tertiary/aromatic N) is 5. The van der Waals surface area contributed by atoms with Gasteiger partial charge in [0.05, 0.1) is 35.4 Å². The second-order valence-electron chi connectivity index (χ2n) is 8.40. The van der Waals surface area contributed by atoms with Crippen LogP contribution >= 0.6 is 0 Å². The highest BCUT2D eigenvalue weighted by Crippen LogP contribution is 2.30. The summed E-state index contributed by atoms with van der Waals surface area (Å²) in [5.74, 6) is 0.931. The van der Waals surface area contributed by atoms with Crippen LogP contribution in [0.5, 0.6) is 6.01 Å². The second kappa shape index (κ2) is 8.48. The molecule has 2 aliphatic rings. The van der Waals surface area contributed by atoms with Crippen LogP contribution in [0.25, 0.3) is 22.3 Å². The first-order valence-corrected chi connectivity index (χ1v) is 11.1. The Bertz CT molecular complexity index is 1150. The van der Waals surface area contributed by atoms with E-state index >= 15 is 0 Å². The number of fused-ring (bicyclic) bond motifs is 5. The van der Waals surface area contributed by atoms with Crippen LogP contribution in [-0.2, 0) is 16.1 Å². The van der Waals surface area contributed by atoms with Crippen molar-refractivity contribution in [2.75, 3.05) is 26.7 Å². The maximum atomic E-state index is 13.1. The number of hydrogen-bond donors (Lipinski definition) is 1. The molecule has 168 valence electrons. The minimum absolute atomic E-state index is 0.0400. The topological polar surface area (TPSA) is 94.4 Å². The van der Waals surface area contributed by atoms with Crippen LogP contribution in [0.15, 0.2) is 30.5 Å². The zero-order chi connectivity index (χ0) is 22.2. The Kier molecular flexibility index (Phi) is 5.52. The molecule has 3 atom stereocenters. The molecule has 1 amide bonds. The van der Waals surface area contributed by atoms with Crippen molar-refractivity contribution >= 4 is 16.9 Å². The van der Waals surface area contributed by atoms with Crippen molar-refractivity contribution in [3.63, 3.8) is 0 Å². The minimum Gasteiger partial charge on any atom is -0.459 e. The molecule has 32 heavy (non-hydrogen) atoms. The van der Waals surface area contributed by atoms with Gasteiger partial charge in [-0.15, -0.1) is 0 Å². The van der Waals surface area contributed by atoms with Gasteiger partial charge in [0, 0.05) is 44.9 Å². The average Bonchev–Trinajstić information content (AvgIpc) is 3.37. The van der Waals surface area contributed by atoms with Gasteiger partial charge in [0.25, 0.3) is 0 Å². The van der Waals surface area contributed by atoms with Crippen molar-refractivity contribution < 1.29 is 14.3 Å². The first kappa shape index (κ1) is 20.8. The van der Waals surface area contributed by atoms with E-state index in [0.29, 0.717) is 38.7 Å². The van der Waals surface area contributed by atoms with Crippen LogP contribution in [0, 0.1) is 6.92 Å². The number of carbonyl (C=O) groups is 1. The van der Waals surface area contributed by atoms with E-state index in [-0.39, 0.29) is 24.2 Å². The zero-order valence-electron chi connectivity index (χ0n) is 18.6. The van der Waals surface area contributed by atoms with Gasteiger partial charge < -0.3 is 24.3 Å². The van der Waals surface area contributed by atoms with Crippen LogP contribution in [0.4, 0.5) is 0 Å². The molecule has 9 heteroatoms. The Labute approximate surface area is 186 Å². The molecule has 0 unspecified atom stereocenters. The fourth-order valence-electron chi connectivity index (χ4n) is 4.67. The highest BCUT2D eigenvalue weighted by atomic mass is 16.5. The summed E-state index contributed by atoms with van der Waals surface area (Å²) in [6.45, 7) is 6.19. The lowest BCUT2D eigenvalue weighted by Gasteiger charge is -2.27. The molecule has 2 aliphatic heterocycles. The van der Waals surface area contributed by atoms with Gasteiger partial charge in [-0.2, -0.15) is 4.98 Å². The van der Waals surface area contributed by atoms with E-state index in [9.17, 15) is 4.79 Å². The normalized spacial score (nSPS) is 23.7. The molecule has 1 saturated heterocycles. The average molecular weight is 437 g/mol. The van der Waals surface area contributed by atoms with Gasteiger partial charge in [-0.3, -0.25) is 4.79 Å². The summed E-state index contributed by atoms with van der Waals surface area (Å²) in [6.07, 6.45) is 1.96. The monoisotopic (exact) mass is 436 g/mol. The summed E-state index contributed by atoms with van der Waals surface area (Å²) >= 11 is 0. The Morgan fingerprint density at radius 1 is 1.25 bits per heavy atom. The van der Waals surface area contributed by atoms with Gasteiger partial charge in [-0.25, -0.2) is 9.97 Å². The molecule has 4 bridgehead atoms. The Morgan fingerprint density at radius 3 is 2.97 bits per heavy atom. The van der Waals surface area contributed by atoms with E-state index in [1.54, 1.807) is 11.1 Å². The quantitative estimate of drug-likeness (QED) is 0.654. The number of nitrogens with one attached hydrogen (secondary N) is 1. The summed E-state index contributed by atoms with van der Waals surface area (Å²) in [5.41, 5.74) is 3.63. The maximum Gasteiger partial charge on any atom is 0.317 e. The van der Waals surface area contributed by atoms with Crippen molar-refractivity contribution in [1.82, 2.24) is 29.7 Å². The molecule has 4 heterocycles. The molecule has 1 fully saturated rings. The lowest BCUT2D eigenvalue weighted by molar-refractivity contribution is -0.133. The molecular weight excluding hydrogens is 408 g/mol. The third-order valence-corrected chi connectivity index (χ3v) is 6.17. The van der Waals surface area contributed by atoms with Crippen molar-refractivity contribution in [2.24, 2.45) is 0 Å². The first-order valence-electron chi connectivity index (χ1n) is 11.1. The molecule has 1 N–H and O–H groups in total. The van der Waals surface area contributed by atoms with Crippen LogP contribution < -0.4 is 10.1 Å². The van der Waals surface area contributed by atoms with Gasteiger partial charge in [0.15, 0.2) is 0 Å². The van der Waals surface area contributed by atoms with E-state index in [4.69, 9.17) is 19.4 Å². The van der Waals surface area contributed by atoms with Crippen molar-refractivity contribution in [2.45, 2.75) is 45.1 Å². The molecule has 0 radical (unpaired) electrons. The van der Waals surface area contributed by atoms with Crippen LogP contribution in [0.1, 0.15) is 19.2 Å². The number of para-hydroxylation sites is 1. The minimum atomic E-state index is -0.292. The highest BCUT2D eigenvalue weighted by molar-refractivity contribution is 5.91. The Hall–Kier alpha value is -3.04. The third-order valence-electron chi connectivity index (χ3n) is 6.17. The molecule has 2 aromatic heterocycles. The summed E-state index contributed by atoms with van der Waals surface area (Å²) in [4.78, 5) is 28.6. The predicted octanol–water partition coefficient (Wildman–Crippen LogP) is 1.79. The van der Waals surface area contributed by atoms with Crippen molar-refractivity contribution in [3.05, 3.63) is 36.3 Å². The van der Waals surface area contributed by atoms with E-state index in [1.165, 1.54) is 0 Å². The number of imidazole rings is 1. The van der Waals surface area contributed by atoms with Crippen LogP contribution in [-0.4, -0.2) is 75.3 Å². The van der Waals surface area contributed by atoms with Crippen LogP contribution in [0.2, 0.25) is 0 Å². The van der Waals surface area contributed by atoms with E-state index in [2.05, 4.69) is 14.9 Å². The number of aromatic nitrogens is 4. The Morgan fingerprint density at radius 2 is 2.12 bits per heavy atom. The van der Waals surface area contributed by atoms with Gasteiger partial charge >= 0.3 is 6.01 Å². The Balaban J connectivity index is 1.65. The number of carbonyl (C=O) groups excluding carboxylic acids is 1. The summed E-state index contributed by atoms with van der Waals surface area (Å²) in [7, 11) is 1.83. The molecule has 0 aliphatic carbocycles. The SMILES string of the molecule is CCO[C@@H]1CN(C)C(=O)[C@@H]2C[C@@H](CN2)Oc2nccc(n2)-c2cccc3nc(C)n(c23)C1. The standard InChI is InChI=1S/C23H28N6O3/c1-4-31-16-12-28(3)22(30)20-10-15(11-25-20)32-23-24-9-8-18(27-23)17-6-5-7-19-21(17)29(13-16)14(2)26-19/h5-9,15-16,20,25H,4,10-13H2,1-3H3/t15-,16+,20-/m0/s1. The van der Waals surface area contributed by atoms with Gasteiger partial charge in [0.2, 0.25) is 5.91 Å². The predicted molar refractivity (Wildman–Crippen MR) is 119 cm³/mol. The van der Waals surface area contributed by atoms with Gasteiger partial charge in [-0.1, -0.05) is 12.1 Å². The molecule has 5 rings (SSSR count). The zero-order valence-corrected chi connectivity index (χ0v) is 18.6. The van der Waals surface area contributed by atoms with E-state index < -0.39 is 0 Å². The number of rotatable bonds is 2. The molecule has 3 aromatic rings. The number of hydrogen-bond acceptors (Lipinski definition) is 7. The molecule has 0 saturated carbocycles. The summed E-state index contributed by atoms with van der Waals surface area (Å²) in [6, 6.07) is 7.95. The number of aryl methyl sites for hydroxylation is 1. The smallest absolute Gasteiger partial charge is 0.317 e. The second-order valence-corrected chi connectivity index (χ2v) is 8.40. The fourth-order valence-corrected chi connectivity index (χ4v) is 4.67.